The summed E-state index contributed by atoms with van der Waals surface area (Å²) in [4.78, 5) is 4.74. The first kappa shape index (κ1) is 24.6. The van der Waals surface area contributed by atoms with Crippen LogP contribution in [0.15, 0.2) is 23.2 Å². The summed E-state index contributed by atoms with van der Waals surface area (Å²) in [6.45, 7) is 5.95. The maximum Gasteiger partial charge on any atom is 0.195 e. The van der Waals surface area contributed by atoms with Gasteiger partial charge in [-0.25, -0.2) is 0 Å². The summed E-state index contributed by atoms with van der Waals surface area (Å²) in [5.74, 6) is 2.33. The summed E-state index contributed by atoms with van der Waals surface area (Å²) in [5.41, 5.74) is 0.925. The molecule has 8 nitrogen and oxygen atoms in total. The van der Waals surface area contributed by atoms with Gasteiger partial charge in [0.05, 0.1) is 25.9 Å². The van der Waals surface area contributed by atoms with E-state index in [4.69, 9.17) is 28.7 Å². The van der Waals surface area contributed by atoms with E-state index in [-0.39, 0.29) is 6.10 Å². The minimum absolute atomic E-state index is 0.273. The lowest BCUT2D eigenvalue weighted by Crippen LogP contribution is -2.32. The molecular formula is C24H39N3O5. The van der Waals surface area contributed by atoms with Gasteiger partial charge in [0.15, 0.2) is 17.5 Å². The van der Waals surface area contributed by atoms with Crippen molar-refractivity contribution in [2.75, 3.05) is 65.2 Å². The van der Waals surface area contributed by atoms with Gasteiger partial charge in [0.25, 0.3) is 0 Å². The van der Waals surface area contributed by atoms with Gasteiger partial charge in [-0.2, -0.15) is 0 Å². The molecule has 8 heteroatoms. The zero-order chi connectivity index (χ0) is 22.3. The first-order valence-electron chi connectivity index (χ1n) is 12.0. The van der Waals surface area contributed by atoms with Gasteiger partial charge >= 0.3 is 0 Å². The molecule has 0 aromatic heterocycles. The molecule has 1 atom stereocenters. The van der Waals surface area contributed by atoms with E-state index in [2.05, 4.69) is 10.6 Å². The van der Waals surface area contributed by atoms with Gasteiger partial charge in [-0.05, 0) is 50.7 Å². The quantitative estimate of drug-likeness (QED) is 0.270. The van der Waals surface area contributed by atoms with Crippen LogP contribution in [0.25, 0.3) is 0 Å². The van der Waals surface area contributed by atoms with Crippen LogP contribution in [0, 0.1) is 0 Å². The Labute approximate surface area is 192 Å². The van der Waals surface area contributed by atoms with Crippen molar-refractivity contribution in [3.05, 3.63) is 18.2 Å². The molecule has 0 spiro atoms. The molecule has 0 radical (unpaired) electrons. The van der Waals surface area contributed by atoms with Crippen LogP contribution < -0.4 is 20.1 Å². The van der Waals surface area contributed by atoms with Crippen LogP contribution in [0.1, 0.15) is 44.9 Å². The highest BCUT2D eigenvalue weighted by Gasteiger charge is 2.15. The lowest BCUT2D eigenvalue weighted by Gasteiger charge is -2.15. The summed E-state index contributed by atoms with van der Waals surface area (Å²) in [6.07, 6.45) is 7.54. The van der Waals surface area contributed by atoms with Crippen LogP contribution in [0.2, 0.25) is 0 Å². The number of nitrogens with zero attached hydrogens (tertiary/aromatic N) is 1. The smallest absolute Gasteiger partial charge is 0.195 e. The molecule has 1 unspecified atom stereocenters. The van der Waals surface area contributed by atoms with Crippen LogP contribution in [0.4, 0.5) is 5.69 Å². The number of benzene rings is 1. The minimum Gasteiger partial charge on any atom is -0.490 e. The first-order chi connectivity index (χ1) is 15.8. The van der Waals surface area contributed by atoms with Crippen molar-refractivity contribution in [1.29, 1.82) is 0 Å². The zero-order valence-electron chi connectivity index (χ0n) is 19.4. The second-order valence-electron chi connectivity index (χ2n) is 8.11. The number of methoxy groups -OCH3 is 1. The Balaban J connectivity index is 1.46. The van der Waals surface area contributed by atoms with E-state index in [0.717, 1.165) is 87.9 Å². The van der Waals surface area contributed by atoms with Crippen molar-refractivity contribution in [2.45, 2.75) is 51.0 Å². The van der Waals surface area contributed by atoms with E-state index in [1.165, 1.54) is 0 Å². The summed E-state index contributed by atoms with van der Waals surface area (Å²) in [5, 5.41) is 6.84. The fourth-order valence-corrected chi connectivity index (χ4v) is 3.62. The highest BCUT2D eigenvalue weighted by molar-refractivity contribution is 5.93. The lowest BCUT2D eigenvalue weighted by atomic mass is 10.2. The molecule has 0 bridgehead atoms. The average molecular weight is 450 g/mol. The molecule has 2 aliphatic heterocycles. The van der Waals surface area contributed by atoms with Crippen LogP contribution in [0.5, 0.6) is 11.5 Å². The van der Waals surface area contributed by atoms with Crippen molar-refractivity contribution in [1.82, 2.24) is 5.32 Å². The third kappa shape index (κ3) is 9.22. The molecular weight excluding hydrogens is 410 g/mol. The number of ether oxygens (including phenoxy) is 5. The van der Waals surface area contributed by atoms with Crippen LogP contribution in [0.3, 0.4) is 0 Å². The zero-order valence-corrected chi connectivity index (χ0v) is 19.4. The lowest BCUT2D eigenvalue weighted by molar-refractivity contribution is 0.0171. The Hall–Kier alpha value is -2.03. The monoisotopic (exact) mass is 449 g/mol. The van der Waals surface area contributed by atoms with Gasteiger partial charge in [0.2, 0.25) is 0 Å². The standard InChI is InChI=1S/C24H39N3O5/c1-28-13-4-2-3-11-25-24(26-12-6-14-29-19-21-8-5-15-30-21)27-20-9-10-22-23(18-20)32-17-7-16-31-22/h9-10,18,21H,2-8,11-17,19H2,1H3,(H2,25,26,27). The van der Waals surface area contributed by atoms with Gasteiger partial charge < -0.3 is 34.3 Å². The van der Waals surface area contributed by atoms with Gasteiger partial charge in [0, 0.05) is 58.2 Å². The van der Waals surface area contributed by atoms with Crippen molar-refractivity contribution >= 4 is 11.6 Å². The Bertz CT molecular complexity index is 680. The number of fused-ring (bicyclic) bond motifs is 1. The number of hydrogen-bond donors (Lipinski definition) is 2. The molecule has 1 aromatic rings. The number of guanidine groups is 1. The number of rotatable bonds is 13. The van der Waals surface area contributed by atoms with Crippen molar-refractivity contribution < 1.29 is 23.7 Å². The largest absolute Gasteiger partial charge is 0.490 e. The maximum absolute atomic E-state index is 5.81. The predicted octanol–water partition coefficient (Wildman–Crippen LogP) is 3.61. The fraction of sp³-hybridized carbons (Fsp3) is 0.708. The van der Waals surface area contributed by atoms with Crippen molar-refractivity contribution in [2.24, 2.45) is 4.99 Å². The maximum atomic E-state index is 5.81. The normalized spacial score (nSPS) is 18.4. The first-order valence-corrected chi connectivity index (χ1v) is 12.0. The molecule has 0 amide bonds. The van der Waals surface area contributed by atoms with E-state index < -0.39 is 0 Å². The van der Waals surface area contributed by atoms with E-state index in [0.29, 0.717) is 33.0 Å². The minimum atomic E-state index is 0.273. The Morgan fingerprint density at radius 2 is 1.94 bits per heavy atom. The third-order valence-electron chi connectivity index (χ3n) is 5.37. The summed E-state index contributed by atoms with van der Waals surface area (Å²) in [6, 6.07) is 5.92. The Morgan fingerprint density at radius 1 is 1.03 bits per heavy atom. The van der Waals surface area contributed by atoms with Crippen molar-refractivity contribution in [3.8, 4) is 11.5 Å². The Morgan fingerprint density at radius 3 is 2.78 bits per heavy atom. The molecule has 2 heterocycles. The van der Waals surface area contributed by atoms with E-state index in [9.17, 15) is 0 Å². The highest BCUT2D eigenvalue weighted by atomic mass is 16.5. The summed E-state index contributed by atoms with van der Waals surface area (Å²) < 4.78 is 28.0. The molecule has 1 saturated heterocycles. The number of unbranched alkanes of at least 4 members (excludes halogenated alkanes) is 2. The van der Waals surface area contributed by atoms with Crippen LogP contribution in [-0.4, -0.2) is 71.9 Å². The molecule has 180 valence electrons. The number of aliphatic imine (C=N–C) groups is 1. The Kier molecular flexibility index (Phi) is 11.5. The average Bonchev–Trinajstić information content (AvgIpc) is 3.22. The molecule has 32 heavy (non-hydrogen) atoms. The van der Waals surface area contributed by atoms with Crippen molar-refractivity contribution in [3.63, 3.8) is 0 Å². The summed E-state index contributed by atoms with van der Waals surface area (Å²) in [7, 11) is 1.74. The van der Waals surface area contributed by atoms with Gasteiger partial charge in [-0.3, -0.25) is 4.99 Å². The second-order valence-corrected chi connectivity index (χ2v) is 8.11. The van der Waals surface area contributed by atoms with Gasteiger partial charge in [0.1, 0.15) is 0 Å². The summed E-state index contributed by atoms with van der Waals surface area (Å²) >= 11 is 0. The number of anilines is 1. The topological polar surface area (TPSA) is 82.6 Å². The van der Waals surface area contributed by atoms with E-state index in [1.54, 1.807) is 7.11 Å². The highest BCUT2D eigenvalue weighted by Crippen LogP contribution is 2.32. The fourth-order valence-electron chi connectivity index (χ4n) is 3.62. The van der Waals surface area contributed by atoms with Crippen LogP contribution >= 0.6 is 0 Å². The van der Waals surface area contributed by atoms with E-state index in [1.807, 2.05) is 18.2 Å². The van der Waals surface area contributed by atoms with Gasteiger partial charge in [-0.15, -0.1) is 0 Å². The predicted molar refractivity (Wildman–Crippen MR) is 126 cm³/mol. The third-order valence-corrected chi connectivity index (χ3v) is 5.37. The molecule has 2 aliphatic rings. The molecule has 1 fully saturated rings. The number of nitrogens with one attached hydrogen (secondary N) is 2. The van der Waals surface area contributed by atoms with Crippen LogP contribution in [-0.2, 0) is 14.2 Å². The molecule has 1 aromatic carbocycles. The molecule has 3 rings (SSSR count). The molecule has 0 aliphatic carbocycles. The number of hydrogen-bond acceptors (Lipinski definition) is 6. The molecule has 0 saturated carbocycles. The SMILES string of the molecule is COCCCCCNC(=NCCCOCC1CCCO1)Nc1ccc2c(c1)OCCCO2. The van der Waals surface area contributed by atoms with E-state index >= 15 is 0 Å². The molecule has 2 N–H and O–H groups in total. The second kappa shape index (κ2) is 14.9. The van der Waals surface area contributed by atoms with Gasteiger partial charge in [-0.1, -0.05) is 0 Å².